The number of thiophene rings is 1. The number of benzene rings is 1. The van der Waals surface area contributed by atoms with Gasteiger partial charge >= 0.3 is 0 Å². The first-order valence-corrected chi connectivity index (χ1v) is 6.58. The molecule has 0 bridgehead atoms. The smallest absolute Gasteiger partial charge is 0.0481 e. The highest BCUT2D eigenvalue weighted by atomic mass is 32.1. The van der Waals surface area contributed by atoms with Gasteiger partial charge in [-0.3, -0.25) is 0 Å². The van der Waals surface area contributed by atoms with Crippen LogP contribution in [0.1, 0.15) is 23.6 Å². The van der Waals surface area contributed by atoms with E-state index in [1.54, 1.807) is 11.3 Å². The van der Waals surface area contributed by atoms with E-state index in [0.29, 0.717) is 0 Å². The molecule has 0 aliphatic carbocycles. The van der Waals surface area contributed by atoms with Gasteiger partial charge in [0.2, 0.25) is 0 Å². The summed E-state index contributed by atoms with van der Waals surface area (Å²) >= 11 is 1.74. The van der Waals surface area contributed by atoms with Crippen LogP contribution in [-0.2, 0) is 13.0 Å². The first kappa shape index (κ1) is 11.2. The second-order valence-corrected chi connectivity index (χ2v) is 4.74. The molecule has 0 saturated heterocycles. The summed E-state index contributed by atoms with van der Waals surface area (Å²) in [4.78, 5) is 0. The average Bonchev–Trinajstić information content (AvgIpc) is 2.73. The van der Waals surface area contributed by atoms with Crippen LogP contribution in [0.5, 0.6) is 0 Å². The van der Waals surface area contributed by atoms with Crippen LogP contribution in [0.15, 0.2) is 35.0 Å². The molecule has 1 aromatic carbocycles. The van der Waals surface area contributed by atoms with Crippen molar-refractivity contribution in [3.8, 4) is 0 Å². The molecule has 0 fully saturated rings. The van der Waals surface area contributed by atoms with Gasteiger partial charge < -0.3 is 5.32 Å². The van der Waals surface area contributed by atoms with Crippen molar-refractivity contribution in [1.82, 2.24) is 0 Å². The van der Waals surface area contributed by atoms with Crippen molar-refractivity contribution in [2.24, 2.45) is 0 Å². The maximum absolute atomic E-state index is 3.46. The van der Waals surface area contributed by atoms with Crippen LogP contribution in [0.4, 0.5) is 5.69 Å². The summed E-state index contributed by atoms with van der Waals surface area (Å²) in [6, 6.07) is 8.82. The minimum atomic E-state index is 0.904. The van der Waals surface area contributed by atoms with Gasteiger partial charge in [0.25, 0.3) is 0 Å². The molecule has 0 aliphatic rings. The minimum absolute atomic E-state index is 0.904. The Bertz CT molecular complexity index is 442. The summed E-state index contributed by atoms with van der Waals surface area (Å²) in [5.41, 5.74) is 5.32. The molecular formula is C14H17NS. The molecule has 0 aliphatic heterocycles. The van der Waals surface area contributed by atoms with E-state index >= 15 is 0 Å². The van der Waals surface area contributed by atoms with Crippen molar-refractivity contribution in [3.63, 3.8) is 0 Å². The van der Waals surface area contributed by atoms with Crippen LogP contribution in [-0.4, -0.2) is 0 Å². The van der Waals surface area contributed by atoms with Gasteiger partial charge in [0.1, 0.15) is 0 Å². The number of aryl methyl sites for hydroxylation is 2. The van der Waals surface area contributed by atoms with E-state index in [4.69, 9.17) is 0 Å². The van der Waals surface area contributed by atoms with Gasteiger partial charge in [-0.1, -0.05) is 31.2 Å². The Labute approximate surface area is 101 Å². The van der Waals surface area contributed by atoms with E-state index in [1.165, 1.54) is 22.4 Å². The van der Waals surface area contributed by atoms with Crippen molar-refractivity contribution < 1.29 is 0 Å². The predicted molar refractivity (Wildman–Crippen MR) is 72.2 cm³/mol. The zero-order chi connectivity index (χ0) is 11.4. The predicted octanol–water partition coefficient (Wildman–Crippen LogP) is 4.23. The first-order valence-electron chi connectivity index (χ1n) is 5.64. The number of anilines is 1. The fraction of sp³-hybridized carbons (Fsp3) is 0.286. The summed E-state index contributed by atoms with van der Waals surface area (Å²) in [6.07, 6.45) is 1.11. The second-order valence-electron chi connectivity index (χ2n) is 3.99. The van der Waals surface area contributed by atoms with Gasteiger partial charge in [0.15, 0.2) is 0 Å². The van der Waals surface area contributed by atoms with E-state index < -0.39 is 0 Å². The third-order valence-electron chi connectivity index (χ3n) is 2.77. The maximum Gasteiger partial charge on any atom is 0.0481 e. The first-order chi connectivity index (χ1) is 7.79. The number of rotatable bonds is 4. The molecule has 2 aromatic rings. The van der Waals surface area contributed by atoms with E-state index in [9.17, 15) is 0 Å². The molecule has 1 aromatic heterocycles. The van der Waals surface area contributed by atoms with E-state index in [-0.39, 0.29) is 0 Å². The lowest BCUT2D eigenvalue weighted by Gasteiger charge is -2.06. The zero-order valence-electron chi connectivity index (χ0n) is 9.79. The highest BCUT2D eigenvalue weighted by Crippen LogP contribution is 2.20. The second kappa shape index (κ2) is 5.17. The number of nitrogens with one attached hydrogen (secondary N) is 1. The van der Waals surface area contributed by atoms with Gasteiger partial charge in [-0.25, -0.2) is 0 Å². The Balaban J connectivity index is 1.97. The zero-order valence-corrected chi connectivity index (χ0v) is 10.6. The number of hydrogen-bond acceptors (Lipinski definition) is 2. The standard InChI is InChI=1S/C14H17NS/c1-3-12-4-6-13(7-5-12)8-15-14-10-16-9-11(14)2/h4-7,9-10,15H,3,8H2,1-2H3. The van der Waals surface area contributed by atoms with Crippen molar-refractivity contribution in [1.29, 1.82) is 0 Å². The molecule has 1 nitrogen and oxygen atoms in total. The van der Waals surface area contributed by atoms with Gasteiger partial charge in [0, 0.05) is 17.6 Å². The molecule has 0 amide bonds. The van der Waals surface area contributed by atoms with Crippen molar-refractivity contribution in [2.75, 3.05) is 5.32 Å². The molecule has 1 N–H and O–H groups in total. The van der Waals surface area contributed by atoms with Crippen LogP contribution in [0.2, 0.25) is 0 Å². The SMILES string of the molecule is CCc1ccc(CNc2cscc2C)cc1. The van der Waals surface area contributed by atoms with Gasteiger partial charge in [-0.15, -0.1) is 11.3 Å². The normalized spacial score (nSPS) is 10.4. The lowest BCUT2D eigenvalue weighted by molar-refractivity contribution is 1.10. The molecule has 0 unspecified atom stereocenters. The molecule has 0 atom stereocenters. The minimum Gasteiger partial charge on any atom is -0.380 e. The molecular weight excluding hydrogens is 214 g/mol. The molecule has 1 heterocycles. The van der Waals surface area contributed by atoms with E-state index in [0.717, 1.165) is 13.0 Å². The Morgan fingerprint density at radius 1 is 1.06 bits per heavy atom. The summed E-state index contributed by atoms with van der Waals surface area (Å²) in [5.74, 6) is 0. The van der Waals surface area contributed by atoms with Crippen LogP contribution in [0.3, 0.4) is 0 Å². The molecule has 84 valence electrons. The molecule has 16 heavy (non-hydrogen) atoms. The molecule has 0 spiro atoms. The van der Waals surface area contributed by atoms with E-state index in [2.05, 4.69) is 54.2 Å². The molecule has 2 rings (SSSR count). The van der Waals surface area contributed by atoms with Gasteiger partial charge in [-0.05, 0) is 35.4 Å². The fourth-order valence-electron chi connectivity index (χ4n) is 1.63. The van der Waals surface area contributed by atoms with Gasteiger partial charge in [-0.2, -0.15) is 0 Å². The Morgan fingerprint density at radius 2 is 1.75 bits per heavy atom. The van der Waals surface area contributed by atoms with E-state index in [1.807, 2.05) is 0 Å². The van der Waals surface area contributed by atoms with Crippen LogP contribution in [0.25, 0.3) is 0 Å². The van der Waals surface area contributed by atoms with Crippen LogP contribution >= 0.6 is 11.3 Å². The molecule has 2 heteroatoms. The van der Waals surface area contributed by atoms with Crippen LogP contribution in [0, 0.1) is 6.92 Å². The third-order valence-corrected chi connectivity index (χ3v) is 3.63. The van der Waals surface area contributed by atoms with Gasteiger partial charge in [0.05, 0.1) is 0 Å². The third kappa shape index (κ3) is 2.64. The largest absolute Gasteiger partial charge is 0.380 e. The topological polar surface area (TPSA) is 12.0 Å². The lowest BCUT2D eigenvalue weighted by Crippen LogP contribution is -1.99. The molecule has 0 saturated carbocycles. The monoisotopic (exact) mass is 231 g/mol. The maximum atomic E-state index is 3.46. The number of hydrogen-bond donors (Lipinski definition) is 1. The molecule has 0 radical (unpaired) electrons. The Morgan fingerprint density at radius 3 is 2.31 bits per heavy atom. The summed E-state index contributed by atoms with van der Waals surface area (Å²) in [6.45, 7) is 5.22. The summed E-state index contributed by atoms with van der Waals surface area (Å²) in [5, 5.41) is 7.79. The highest BCUT2D eigenvalue weighted by molar-refractivity contribution is 7.08. The van der Waals surface area contributed by atoms with Crippen molar-refractivity contribution in [3.05, 3.63) is 51.7 Å². The van der Waals surface area contributed by atoms with Crippen LogP contribution < -0.4 is 5.32 Å². The lowest BCUT2D eigenvalue weighted by atomic mass is 10.1. The average molecular weight is 231 g/mol. The quantitative estimate of drug-likeness (QED) is 0.830. The fourth-order valence-corrected chi connectivity index (χ4v) is 2.44. The Kier molecular flexibility index (Phi) is 3.62. The summed E-state index contributed by atoms with van der Waals surface area (Å²) in [7, 11) is 0. The Hall–Kier alpha value is -1.28. The highest BCUT2D eigenvalue weighted by Gasteiger charge is 1.98. The van der Waals surface area contributed by atoms with Crippen molar-refractivity contribution >= 4 is 17.0 Å². The van der Waals surface area contributed by atoms with Crippen molar-refractivity contribution in [2.45, 2.75) is 26.8 Å². The summed E-state index contributed by atoms with van der Waals surface area (Å²) < 4.78 is 0.